The van der Waals surface area contributed by atoms with Gasteiger partial charge >= 0.3 is 12.0 Å². The van der Waals surface area contributed by atoms with E-state index in [1.54, 1.807) is 20.8 Å². The summed E-state index contributed by atoms with van der Waals surface area (Å²) < 4.78 is 24.8. The molecule has 8 nitrogen and oxygen atoms in total. The van der Waals surface area contributed by atoms with E-state index in [0.717, 1.165) is 6.26 Å². The Morgan fingerprint density at radius 1 is 1.38 bits per heavy atom. The Morgan fingerprint density at radius 3 is 2.33 bits per heavy atom. The summed E-state index contributed by atoms with van der Waals surface area (Å²) in [5.41, 5.74) is -0.790. The molecule has 1 unspecified atom stereocenters. The van der Waals surface area contributed by atoms with Gasteiger partial charge in [-0.05, 0) is 13.8 Å². The first-order valence-corrected chi connectivity index (χ1v) is 8.55. The lowest BCUT2D eigenvalue weighted by Gasteiger charge is -2.41. The highest BCUT2D eigenvalue weighted by Crippen LogP contribution is 2.23. The monoisotopic (exact) mass is 321 g/mol. The number of carbonyl (C=O) groups excluding carboxylic acids is 1. The Balaban J connectivity index is 2.38. The lowest BCUT2D eigenvalue weighted by molar-refractivity contribution is -0.144. The summed E-state index contributed by atoms with van der Waals surface area (Å²) in [6.07, 6.45) is 1.06. The second kappa shape index (κ2) is 6.18. The molecule has 2 amide bonds. The maximum atomic E-state index is 11.9. The van der Waals surface area contributed by atoms with Crippen LogP contribution in [0.1, 0.15) is 20.8 Å². The van der Waals surface area contributed by atoms with Crippen LogP contribution in [0.3, 0.4) is 0 Å². The summed E-state index contributed by atoms with van der Waals surface area (Å²) in [6, 6.07) is -0.313. The molecule has 0 aliphatic carbocycles. The lowest BCUT2D eigenvalue weighted by atomic mass is 9.87. The van der Waals surface area contributed by atoms with Crippen LogP contribution in [0.15, 0.2) is 0 Å². The van der Waals surface area contributed by atoms with Crippen LogP contribution < -0.4 is 10.0 Å². The second-order valence-electron chi connectivity index (χ2n) is 6.21. The number of amides is 2. The van der Waals surface area contributed by atoms with Crippen LogP contribution in [-0.4, -0.2) is 61.9 Å². The van der Waals surface area contributed by atoms with Crippen LogP contribution in [0, 0.1) is 11.8 Å². The van der Waals surface area contributed by atoms with Crippen molar-refractivity contribution in [2.45, 2.75) is 26.3 Å². The maximum absolute atomic E-state index is 11.9. The van der Waals surface area contributed by atoms with Crippen molar-refractivity contribution in [3.8, 4) is 0 Å². The van der Waals surface area contributed by atoms with Crippen molar-refractivity contribution < 1.29 is 23.1 Å². The molecule has 1 saturated heterocycles. The van der Waals surface area contributed by atoms with Crippen LogP contribution in [0.2, 0.25) is 0 Å². The molecule has 122 valence electrons. The van der Waals surface area contributed by atoms with Crippen LogP contribution in [-0.2, 0) is 14.8 Å². The van der Waals surface area contributed by atoms with Crippen LogP contribution in [0.25, 0.3) is 0 Å². The minimum atomic E-state index is -3.35. The Morgan fingerprint density at radius 2 is 1.90 bits per heavy atom. The molecule has 0 spiro atoms. The normalized spacial score (nSPS) is 18.0. The molecule has 0 bridgehead atoms. The van der Waals surface area contributed by atoms with Gasteiger partial charge in [-0.1, -0.05) is 6.92 Å². The van der Waals surface area contributed by atoms with Crippen LogP contribution in [0.5, 0.6) is 0 Å². The van der Waals surface area contributed by atoms with Gasteiger partial charge in [0.1, 0.15) is 0 Å². The van der Waals surface area contributed by atoms with Gasteiger partial charge in [-0.15, -0.1) is 0 Å². The molecule has 1 heterocycles. The standard InChI is InChI=1S/C12H23N3O5S/c1-8(10(16)17)9-5-15(6-9)11(18)13-7-12(2,3)14-21(4,19)20/h8-9,14H,5-7H2,1-4H3,(H,13,18)(H,16,17). The zero-order valence-electron chi connectivity index (χ0n) is 12.7. The number of nitrogens with zero attached hydrogens (tertiary/aromatic N) is 1. The van der Waals surface area contributed by atoms with E-state index in [0.29, 0.717) is 13.1 Å². The SMILES string of the molecule is CC(C(=O)O)C1CN(C(=O)NCC(C)(C)NS(C)(=O)=O)C1. The fourth-order valence-electron chi connectivity index (χ4n) is 2.14. The average molecular weight is 321 g/mol. The minimum absolute atomic E-state index is 0.0320. The number of carboxylic acids is 1. The van der Waals surface area contributed by atoms with E-state index in [2.05, 4.69) is 10.0 Å². The van der Waals surface area contributed by atoms with Crippen molar-refractivity contribution in [2.24, 2.45) is 11.8 Å². The van der Waals surface area contributed by atoms with E-state index in [1.165, 1.54) is 4.90 Å². The van der Waals surface area contributed by atoms with Gasteiger partial charge in [0.05, 0.1) is 12.2 Å². The number of hydrogen-bond donors (Lipinski definition) is 3. The molecule has 1 fully saturated rings. The Labute approximate surface area is 124 Å². The molecule has 1 aliphatic heterocycles. The molecule has 0 aromatic heterocycles. The molecule has 0 radical (unpaired) electrons. The highest BCUT2D eigenvalue weighted by molar-refractivity contribution is 7.88. The van der Waals surface area contributed by atoms with Crippen molar-refractivity contribution >= 4 is 22.0 Å². The third-order valence-electron chi connectivity index (χ3n) is 3.44. The molecule has 0 saturated carbocycles. The third kappa shape index (κ3) is 5.50. The molecule has 3 N–H and O–H groups in total. The van der Waals surface area contributed by atoms with Crippen molar-refractivity contribution in [2.75, 3.05) is 25.9 Å². The van der Waals surface area contributed by atoms with Gasteiger partial charge < -0.3 is 15.3 Å². The van der Waals surface area contributed by atoms with Crippen molar-refractivity contribution in [3.05, 3.63) is 0 Å². The van der Waals surface area contributed by atoms with E-state index < -0.39 is 27.4 Å². The number of aliphatic carboxylic acids is 1. The highest BCUT2D eigenvalue weighted by atomic mass is 32.2. The predicted octanol–water partition coefficient (Wildman–Crippen LogP) is -0.324. The predicted molar refractivity (Wildman–Crippen MR) is 77.3 cm³/mol. The van der Waals surface area contributed by atoms with Crippen molar-refractivity contribution in [1.82, 2.24) is 14.9 Å². The highest BCUT2D eigenvalue weighted by Gasteiger charge is 2.37. The molecule has 9 heteroatoms. The fourth-order valence-corrected chi connectivity index (χ4v) is 3.22. The molecule has 0 aromatic carbocycles. The van der Waals surface area contributed by atoms with Crippen LogP contribution in [0.4, 0.5) is 4.79 Å². The lowest BCUT2D eigenvalue weighted by Crippen LogP contribution is -2.59. The zero-order chi connectivity index (χ0) is 16.4. The van der Waals surface area contributed by atoms with Crippen LogP contribution >= 0.6 is 0 Å². The smallest absolute Gasteiger partial charge is 0.317 e. The number of sulfonamides is 1. The molecule has 1 aliphatic rings. The van der Waals surface area contributed by atoms with Gasteiger partial charge in [-0.2, -0.15) is 0 Å². The number of carbonyl (C=O) groups is 2. The summed E-state index contributed by atoms with van der Waals surface area (Å²) in [5.74, 6) is -1.37. The summed E-state index contributed by atoms with van der Waals surface area (Å²) >= 11 is 0. The number of nitrogens with one attached hydrogen (secondary N) is 2. The Bertz CT molecular complexity index is 511. The first-order chi connectivity index (χ1) is 9.41. The first-order valence-electron chi connectivity index (χ1n) is 6.66. The Kier molecular flexibility index (Phi) is 5.21. The number of rotatable bonds is 6. The van der Waals surface area contributed by atoms with Gasteiger partial charge in [0.2, 0.25) is 10.0 Å². The second-order valence-corrected chi connectivity index (χ2v) is 7.96. The van der Waals surface area contributed by atoms with E-state index in [-0.39, 0.29) is 18.5 Å². The summed E-state index contributed by atoms with van der Waals surface area (Å²) in [6.45, 7) is 5.91. The molecule has 21 heavy (non-hydrogen) atoms. The number of hydrogen-bond acceptors (Lipinski definition) is 4. The van der Waals surface area contributed by atoms with Crippen molar-refractivity contribution in [3.63, 3.8) is 0 Å². The molecular weight excluding hydrogens is 298 g/mol. The molecule has 1 atom stereocenters. The quantitative estimate of drug-likeness (QED) is 0.620. The fraction of sp³-hybridized carbons (Fsp3) is 0.833. The topological polar surface area (TPSA) is 116 Å². The number of urea groups is 1. The van der Waals surface area contributed by atoms with E-state index in [1.807, 2.05) is 0 Å². The van der Waals surface area contributed by atoms with E-state index in [4.69, 9.17) is 5.11 Å². The van der Waals surface area contributed by atoms with Crippen molar-refractivity contribution in [1.29, 1.82) is 0 Å². The zero-order valence-corrected chi connectivity index (χ0v) is 13.5. The third-order valence-corrected chi connectivity index (χ3v) is 4.36. The summed E-state index contributed by atoms with van der Waals surface area (Å²) in [7, 11) is -3.35. The molecule has 1 rings (SSSR count). The number of carboxylic acid groups (broad SMARTS) is 1. The number of likely N-dealkylation sites (tertiary alicyclic amines) is 1. The molecular formula is C12H23N3O5S. The molecule has 0 aromatic rings. The van der Waals surface area contributed by atoms with E-state index >= 15 is 0 Å². The van der Waals surface area contributed by atoms with Gasteiger partial charge in [0, 0.05) is 31.1 Å². The maximum Gasteiger partial charge on any atom is 0.317 e. The largest absolute Gasteiger partial charge is 0.481 e. The van der Waals surface area contributed by atoms with Gasteiger partial charge in [0.25, 0.3) is 0 Å². The summed E-state index contributed by atoms with van der Waals surface area (Å²) in [5, 5.41) is 11.5. The van der Waals surface area contributed by atoms with Gasteiger partial charge in [-0.25, -0.2) is 17.9 Å². The van der Waals surface area contributed by atoms with Gasteiger partial charge in [-0.3, -0.25) is 4.79 Å². The van der Waals surface area contributed by atoms with Gasteiger partial charge in [0.15, 0.2) is 0 Å². The first kappa shape index (κ1) is 17.7. The summed E-state index contributed by atoms with van der Waals surface area (Å²) in [4.78, 5) is 24.2. The van der Waals surface area contributed by atoms with E-state index in [9.17, 15) is 18.0 Å². The minimum Gasteiger partial charge on any atom is -0.481 e. The average Bonchev–Trinajstić information content (AvgIpc) is 2.20. The Hall–Kier alpha value is -1.35.